The topological polar surface area (TPSA) is 81.5 Å². The van der Waals surface area contributed by atoms with Crippen molar-refractivity contribution in [2.45, 2.75) is 32.3 Å². The van der Waals surface area contributed by atoms with Crippen LogP contribution in [0.5, 0.6) is 11.8 Å². The Morgan fingerprint density at radius 1 is 0.857 bits per heavy atom. The van der Waals surface area contributed by atoms with Crippen LogP contribution in [0.1, 0.15) is 36.6 Å². The molecule has 0 spiro atoms. The standard InChI is InChI=1S/C29H28N2O4/c1-3-23-19-25(20-15-17-24(18-16-20)34-4-2)31-29(30-23)35-27(28(32)33)26(21-11-7-5-8-12-21)22-13-9-6-10-14-22/h5-19,26-27H,3-4H2,1-2H3,(H,32,33). The van der Waals surface area contributed by atoms with E-state index in [1.54, 1.807) is 0 Å². The van der Waals surface area contributed by atoms with E-state index in [1.165, 1.54) is 0 Å². The Bertz CT molecular complexity index is 1210. The van der Waals surface area contributed by atoms with Crippen LogP contribution in [0.4, 0.5) is 0 Å². The molecule has 4 rings (SSSR count). The molecule has 0 aliphatic rings. The van der Waals surface area contributed by atoms with E-state index in [9.17, 15) is 9.90 Å². The third kappa shape index (κ3) is 5.84. The predicted molar refractivity (Wildman–Crippen MR) is 135 cm³/mol. The van der Waals surface area contributed by atoms with Gasteiger partial charge in [0.1, 0.15) is 5.75 Å². The fourth-order valence-corrected chi connectivity index (χ4v) is 3.98. The number of rotatable bonds is 10. The molecule has 0 saturated carbocycles. The molecular weight excluding hydrogens is 440 g/mol. The minimum atomic E-state index is -1.22. The molecule has 0 aliphatic carbocycles. The number of aliphatic carboxylic acids is 1. The van der Waals surface area contributed by atoms with E-state index in [0.29, 0.717) is 18.7 Å². The van der Waals surface area contributed by atoms with Gasteiger partial charge >= 0.3 is 12.0 Å². The number of hydrogen-bond donors (Lipinski definition) is 1. The molecule has 0 saturated heterocycles. The highest BCUT2D eigenvalue weighted by Gasteiger charge is 2.34. The van der Waals surface area contributed by atoms with Gasteiger partial charge in [-0.25, -0.2) is 9.78 Å². The first-order valence-electron chi connectivity index (χ1n) is 11.7. The Labute approximate surface area is 205 Å². The lowest BCUT2D eigenvalue weighted by atomic mass is 9.86. The molecule has 178 valence electrons. The molecule has 3 aromatic carbocycles. The average Bonchev–Trinajstić information content (AvgIpc) is 2.90. The van der Waals surface area contributed by atoms with Gasteiger partial charge in [-0.1, -0.05) is 67.6 Å². The zero-order valence-corrected chi connectivity index (χ0v) is 19.8. The van der Waals surface area contributed by atoms with Crippen LogP contribution in [-0.4, -0.2) is 33.8 Å². The summed E-state index contributed by atoms with van der Waals surface area (Å²) >= 11 is 0. The van der Waals surface area contributed by atoms with Gasteiger partial charge in [-0.05, 0) is 54.8 Å². The van der Waals surface area contributed by atoms with Crippen LogP contribution in [0, 0.1) is 0 Å². The van der Waals surface area contributed by atoms with Gasteiger partial charge in [-0.3, -0.25) is 0 Å². The third-order valence-corrected chi connectivity index (χ3v) is 5.68. The molecule has 1 heterocycles. The summed E-state index contributed by atoms with van der Waals surface area (Å²) in [5.74, 6) is -0.856. The Morgan fingerprint density at radius 2 is 1.46 bits per heavy atom. The molecule has 4 aromatic rings. The number of ether oxygens (including phenoxy) is 2. The van der Waals surface area contributed by atoms with E-state index in [2.05, 4.69) is 9.97 Å². The average molecular weight is 469 g/mol. The fourth-order valence-electron chi connectivity index (χ4n) is 3.98. The molecule has 0 amide bonds. The number of hydrogen-bond acceptors (Lipinski definition) is 5. The van der Waals surface area contributed by atoms with Crippen molar-refractivity contribution in [2.75, 3.05) is 6.61 Å². The lowest BCUT2D eigenvalue weighted by Gasteiger charge is -2.25. The van der Waals surface area contributed by atoms with E-state index < -0.39 is 18.0 Å². The fraction of sp³-hybridized carbons (Fsp3) is 0.207. The third-order valence-electron chi connectivity index (χ3n) is 5.68. The monoisotopic (exact) mass is 468 g/mol. The molecule has 0 fully saturated rings. The van der Waals surface area contributed by atoms with Crippen LogP contribution >= 0.6 is 0 Å². The van der Waals surface area contributed by atoms with E-state index in [1.807, 2.05) is 105 Å². The van der Waals surface area contributed by atoms with E-state index >= 15 is 0 Å². The van der Waals surface area contributed by atoms with Crippen molar-refractivity contribution in [3.05, 3.63) is 108 Å². The molecule has 35 heavy (non-hydrogen) atoms. The first-order valence-corrected chi connectivity index (χ1v) is 11.7. The van der Waals surface area contributed by atoms with Crippen LogP contribution in [-0.2, 0) is 11.2 Å². The summed E-state index contributed by atoms with van der Waals surface area (Å²) in [7, 11) is 0. The molecule has 6 heteroatoms. The minimum absolute atomic E-state index is 0.0393. The van der Waals surface area contributed by atoms with Gasteiger partial charge in [0.25, 0.3) is 0 Å². The van der Waals surface area contributed by atoms with Crippen LogP contribution in [0.3, 0.4) is 0 Å². The van der Waals surface area contributed by atoms with Gasteiger partial charge in [-0.2, -0.15) is 4.98 Å². The molecule has 0 radical (unpaired) electrons. The second-order valence-corrected chi connectivity index (χ2v) is 8.01. The number of aryl methyl sites for hydroxylation is 1. The molecule has 1 aromatic heterocycles. The molecule has 1 N–H and O–H groups in total. The van der Waals surface area contributed by atoms with Crippen LogP contribution in [0.25, 0.3) is 11.3 Å². The van der Waals surface area contributed by atoms with Crippen molar-refractivity contribution in [1.29, 1.82) is 0 Å². The molecule has 6 nitrogen and oxygen atoms in total. The van der Waals surface area contributed by atoms with Gasteiger partial charge in [0.2, 0.25) is 6.10 Å². The summed E-state index contributed by atoms with van der Waals surface area (Å²) < 4.78 is 11.6. The summed E-state index contributed by atoms with van der Waals surface area (Å²) in [6, 6.07) is 28.5. The summed E-state index contributed by atoms with van der Waals surface area (Å²) in [5, 5.41) is 10.2. The molecule has 1 atom stereocenters. The normalized spacial score (nSPS) is 11.7. The van der Waals surface area contributed by atoms with Crippen molar-refractivity contribution in [1.82, 2.24) is 9.97 Å². The largest absolute Gasteiger partial charge is 0.494 e. The Kier molecular flexibility index (Phi) is 7.73. The minimum Gasteiger partial charge on any atom is -0.494 e. The van der Waals surface area contributed by atoms with Gasteiger partial charge in [0.15, 0.2) is 0 Å². The maximum atomic E-state index is 12.5. The molecular formula is C29H28N2O4. The summed E-state index contributed by atoms with van der Waals surface area (Å²) in [5.41, 5.74) is 3.97. The van der Waals surface area contributed by atoms with Crippen molar-refractivity contribution >= 4 is 5.97 Å². The highest BCUT2D eigenvalue weighted by atomic mass is 16.5. The lowest BCUT2D eigenvalue weighted by molar-refractivity contribution is -0.146. The summed E-state index contributed by atoms with van der Waals surface area (Å²) in [6.45, 7) is 4.51. The Balaban J connectivity index is 1.72. The van der Waals surface area contributed by atoms with Crippen molar-refractivity contribution in [2.24, 2.45) is 0 Å². The number of carboxylic acids is 1. The Morgan fingerprint density at radius 3 is 1.97 bits per heavy atom. The number of benzene rings is 3. The van der Waals surface area contributed by atoms with Gasteiger partial charge in [0, 0.05) is 11.3 Å². The van der Waals surface area contributed by atoms with Gasteiger partial charge in [0.05, 0.1) is 18.2 Å². The van der Waals surface area contributed by atoms with Crippen LogP contribution in [0.15, 0.2) is 91.0 Å². The SMILES string of the molecule is CCOc1ccc(-c2cc(CC)nc(OC(C(=O)O)C(c3ccccc3)c3ccccc3)n2)cc1. The first-order chi connectivity index (χ1) is 17.1. The van der Waals surface area contributed by atoms with E-state index in [0.717, 1.165) is 28.1 Å². The zero-order chi connectivity index (χ0) is 24.6. The number of aromatic nitrogens is 2. The van der Waals surface area contributed by atoms with Crippen molar-refractivity contribution in [3.63, 3.8) is 0 Å². The van der Waals surface area contributed by atoms with Gasteiger partial charge < -0.3 is 14.6 Å². The van der Waals surface area contributed by atoms with Crippen molar-refractivity contribution in [3.8, 4) is 23.0 Å². The second kappa shape index (κ2) is 11.3. The summed E-state index contributed by atoms with van der Waals surface area (Å²) in [4.78, 5) is 21.6. The van der Waals surface area contributed by atoms with E-state index in [4.69, 9.17) is 9.47 Å². The van der Waals surface area contributed by atoms with Crippen LogP contribution < -0.4 is 9.47 Å². The van der Waals surface area contributed by atoms with Crippen LogP contribution in [0.2, 0.25) is 0 Å². The Hall–Kier alpha value is -4.19. The van der Waals surface area contributed by atoms with E-state index in [-0.39, 0.29) is 6.01 Å². The second-order valence-electron chi connectivity index (χ2n) is 8.01. The first kappa shape index (κ1) is 24.0. The van der Waals surface area contributed by atoms with Crippen molar-refractivity contribution < 1.29 is 19.4 Å². The lowest BCUT2D eigenvalue weighted by Crippen LogP contribution is -2.35. The predicted octanol–water partition coefficient (Wildman–Crippen LogP) is 5.77. The number of nitrogens with zero attached hydrogens (tertiary/aromatic N) is 2. The quantitative estimate of drug-likeness (QED) is 0.318. The number of carbonyl (C=O) groups is 1. The highest BCUT2D eigenvalue weighted by Crippen LogP contribution is 2.31. The molecule has 0 bridgehead atoms. The smallest absolute Gasteiger partial charge is 0.346 e. The highest BCUT2D eigenvalue weighted by molar-refractivity contribution is 5.75. The molecule has 1 unspecified atom stereocenters. The maximum absolute atomic E-state index is 12.5. The molecule has 0 aliphatic heterocycles. The zero-order valence-electron chi connectivity index (χ0n) is 19.8. The summed E-state index contributed by atoms with van der Waals surface area (Å²) in [6.07, 6.45) is -0.568. The maximum Gasteiger partial charge on any atom is 0.346 e. The number of carboxylic acid groups (broad SMARTS) is 1. The van der Waals surface area contributed by atoms with Gasteiger partial charge in [-0.15, -0.1) is 0 Å².